The third kappa shape index (κ3) is 3.88. The Labute approximate surface area is 234 Å². The Bertz CT molecular complexity index is 1650. The van der Waals surface area contributed by atoms with Crippen LogP contribution in [0.15, 0.2) is 67.0 Å². The van der Waals surface area contributed by atoms with E-state index < -0.39 is 5.60 Å². The second kappa shape index (κ2) is 9.47. The predicted octanol–water partition coefficient (Wildman–Crippen LogP) is 3.99. The van der Waals surface area contributed by atoms with Gasteiger partial charge >= 0.3 is 0 Å². The van der Waals surface area contributed by atoms with Crippen LogP contribution in [-0.4, -0.2) is 59.3 Å². The molecule has 2 aromatic carbocycles. The van der Waals surface area contributed by atoms with E-state index in [4.69, 9.17) is 10.7 Å². The van der Waals surface area contributed by atoms with Crippen molar-refractivity contribution in [2.24, 2.45) is 0 Å². The largest absolute Gasteiger partial charge is 0.382 e. The summed E-state index contributed by atoms with van der Waals surface area (Å²) >= 11 is 0. The molecular formula is C32H34N6O2. The number of likely N-dealkylation sites (tertiary alicyclic amines) is 1. The summed E-state index contributed by atoms with van der Waals surface area (Å²) < 4.78 is 1.97. The number of hydrogen-bond acceptors (Lipinski definition) is 6. The predicted molar refractivity (Wildman–Crippen MR) is 155 cm³/mol. The molecule has 40 heavy (non-hydrogen) atoms. The zero-order valence-corrected chi connectivity index (χ0v) is 23.4. The molecule has 2 aliphatic heterocycles. The lowest BCUT2D eigenvalue weighted by molar-refractivity contribution is -0.129. The second-order valence-corrected chi connectivity index (χ2v) is 11.2. The number of nitrogens with zero attached hydrogens (tertiary/aromatic N) is 5. The molecule has 6 atom stereocenters. The van der Waals surface area contributed by atoms with Crippen molar-refractivity contribution in [1.82, 2.24) is 24.2 Å². The average Bonchev–Trinajstić information content (AvgIpc) is 3.46. The first-order chi connectivity index (χ1) is 19.2. The smallest absolute Gasteiger partial charge is 0.299 e. The van der Waals surface area contributed by atoms with E-state index in [-0.39, 0.29) is 30.1 Å². The van der Waals surface area contributed by atoms with Crippen LogP contribution in [0.1, 0.15) is 57.6 Å². The quantitative estimate of drug-likeness (QED) is 0.297. The molecule has 2 aliphatic rings. The van der Waals surface area contributed by atoms with E-state index in [0.717, 1.165) is 22.5 Å². The number of benzene rings is 2. The first kappa shape index (κ1) is 26.1. The van der Waals surface area contributed by atoms with Crippen molar-refractivity contribution in [2.75, 3.05) is 5.73 Å². The van der Waals surface area contributed by atoms with E-state index in [0.29, 0.717) is 23.1 Å². The van der Waals surface area contributed by atoms with E-state index >= 15 is 0 Å². The number of rotatable bonds is 5. The van der Waals surface area contributed by atoms with Crippen LogP contribution in [0.5, 0.6) is 0 Å². The summed E-state index contributed by atoms with van der Waals surface area (Å²) in [5, 5.41) is 11.3. The van der Waals surface area contributed by atoms with Gasteiger partial charge in [0.2, 0.25) is 0 Å². The minimum atomic E-state index is -1.15. The number of aliphatic hydroxyl groups is 1. The van der Waals surface area contributed by atoms with Gasteiger partial charge in [0.25, 0.3) is 5.91 Å². The summed E-state index contributed by atoms with van der Waals surface area (Å²) in [6.07, 6.45) is 3.53. The van der Waals surface area contributed by atoms with Gasteiger partial charge in [-0.1, -0.05) is 60.5 Å². The normalized spacial score (nSPS) is 24.9. The molecule has 3 N–H and O–H groups in total. The monoisotopic (exact) mass is 534 g/mol. The Morgan fingerprint density at radius 1 is 1.07 bits per heavy atom. The summed E-state index contributed by atoms with van der Waals surface area (Å²) in [5.74, 6) is 6.45. The van der Waals surface area contributed by atoms with Gasteiger partial charge in [-0.05, 0) is 51.7 Å². The molecule has 2 aromatic heterocycles. The van der Waals surface area contributed by atoms with Crippen molar-refractivity contribution in [3.63, 3.8) is 0 Å². The van der Waals surface area contributed by atoms with E-state index in [1.165, 1.54) is 0 Å². The topological polar surface area (TPSA) is 99.8 Å². The lowest BCUT2D eigenvalue weighted by Crippen LogP contribution is -2.44. The number of nitrogens with two attached hydrogens (primary N) is 1. The SMILES string of the molecule is CC#CC(=O)N1C(c2nc(-c3ccc(C(C)(O)c4ccccc4)cc3)c3c(N)nccn23)[C@@H]2C([C@@H]1C)N2C(C)C. The number of piperazine rings is 1. The highest BCUT2D eigenvalue weighted by Crippen LogP contribution is 2.53. The first-order valence-corrected chi connectivity index (χ1v) is 13.7. The number of fused-ring (bicyclic) bond motifs is 2. The lowest BCUT2D eigenvalue weighted by Gasteiger charge is -2.32. The van der Waals surface area contributed by atoms with Crippen molar-refractivity contribution < 1.29 is 9.90 Å². The van der Waals surface area contributed by atoms with Gasteiger partial charge in [-0.25, -0.2) is 9.97 Å². The molecule has 4 unspecified atom stereocenters. The Morgan fingerprint density at radius 3 is 2.40 bits per heavy atom. The molecule has 0 bridgehead atoms. The molecule has 0 radical (unpaired) electrons. The van der Waals surface area contributed by atoms with Gasteiger partial charge in [-0.3, -0.25) is 14.1 Å². The number of imidazole rings is 1. The number of carbonyl (C=O) groups is 1. The number of aromatic nitrogens is 3. The third-order valence-corrected chi connectivity index (χ3v) is 8.50. The molecule has 2 saturated heterocycles. The molecule has 0 aliphatic carbocycles. The molecule has 1 amide bonds. The van der Waals surface area contributed by atoms with Crippen molar-refractivity contribution in [3.05, 3.63) is 83.9 Å². The highest BCUT2D eigenvalue weighted by molar-refractivity contribution is 5.94. The standard InChI is InChI=1S/C32H34N6O2/c1-6-10-24(39)38-20(4)26-28(37(26)19(2)3)29(38)31-35-25(27-30(33)34-17-18-36(27)31)21-13-15-23(16-14-21)32(5,40)22-11-8-7-9-12-22/h7-9,11-20,26,28-29,40H,1-5H3,(H2,33,34)/t20-,26?,28-,29?,32?,37?/m0/s1. The summed E-state index contributed by atoms with van der Waals surface area (Å²) in [4.78, 5) is 27.1. The van der Waals surface area contributed by atoms with E-state index in [9.17, 15) is 9.90 Å². The van der Waals surface area contributed by atoms with Crippen LogP contribution in [0.2, 0.25) is 0 Å². The van der Waals surface area contributed by atoms with Crippen LogP contribution in [0, 0.1) is 11.8 Å². The highest BCUT2D eigenvalue weighted by atomic mass is 16.3. The fourth-order valence-corrected chi connectivity index (χ4v) is 6.58. The molecule has 2 fully saturated rings. The maximum atomic E-state index is 13.2. The van der Waals surface area contributed by atoms with Gasteiger partial charge in [0.15, 0.2) is 0 Å². The zero-order valence-electron chi connectivity index (χ0n) is 23.4. The van der Waals surface area contributed by atoms with Gasteiger partial charge in [0.05, 0.1) is 6.04 Å². The minimum absolute atomic E-state index is 0.000218. The number of nitrogen functional groups attached to an aromatic ring is 1. The fraction of sp³-hybridized carbons (Fsp3) is 0.344. The van der Waals surface area contributed by atoms with E-state index in [1.807, 2.05) is 70.1 Å². The zero-order chi connectivity index (χ0) is 28.3. The molecule has 8 heteroatoms. The van der Waals surface area contributed by atoms with Gasteiger partial charge in [0.1, 0.15) is 34.5 Å². The van der Waals surface area contributed by atoms with Crippen molar-refractivity contribution in [2.45, 2.75) is 70.4 Å². The van der Waals surface area contributed by atoms with Crippen molar-refractivity contribution in [3.8, 4) is 23.1 Å². The fourth-order valence-electron chi connectivity index (χ4n) is 6.58. The average molecular weight is 535 g/mol. The van der Waals surface area contributed by atoms with Gasteiger partial charge < -0.3 is 15.7 Å². The summed E-state index contributed by atoms with van der Waals surface area (Å²) in [7, 11) is 0. The number of anilines is 1. The third-order valence-electron chi connectivity index (χ3n) is 8.50. The molecule has 6 rings (SSSR count). The summed E-state index contributed by atoms with van der Waals surface area (Å²) in [6.45, 7) is 9.94. The van der Waals surface area contributed by atoms with Gasteiger partial charge in [-0.2, -0.15) is 0 Å². The van der Waals surface area contributed by atoms with Gasteiger partial charge in [0, 0.05) is 36.1 Å². The minimum Gasteiger partial charge on any atom is -0.382 e. The van der Waals surface area contributed by atoms with Crippen molar-refractivity contribution in [1.29, 1.82) is 0 Å². The summed E-state index contributed by atoms with van der Waals surface area (Å²) in [5.41, 5.74) is 9.11. The molecule has 204 valence electrons. The maximum Gasteiger partial charge on any atom is 0.299 e. The second-order valence-electron chi connectivity index (χ2n) is 11.2. The first-order valence-electron chi connectivity index (χ1n) is 13.7. The van der Waals surface area contributed by atoms with E-state index in [2.05, 4.69) is 42.5 Å². The van der Waals surface area contributed by atoms with Crippen LogP contribution < -0.4 is 5.73 Å². The molecule has 4 aromatic rings. The van der Waals surface area contributed by atoms with Crippen LogP contribution >= 0.6 is 0 Å². The number of carbonyl (C=O) groups excluding carboxylic acids is 1. The molecular weight excluding hydrogens is 500 g/mol. The molecule has 8 nitrogen and oxygen atoms in total. The number of hydrogen-bond donors (Lipinski definition) is 2. The Kier molecular flexibility index (Phi) is 6.17. The van der Waals surface area contributed by atoms with Crippen LogP contribution in [-0.2, 0) is 10.4 Å². The lowest BCUT2D eigenvalue weighted by atomic mass is 9.87. The molecule has 4 heterocycles. The Balaban J connectivity index is 1.46. The summed E-state index contributed by atoms with van der Waals surface area (Å²) in [6, 6.07) is 17.8. The van der Waals surface area contributed by atoms with Crippen LogP contribution in [0.3, 0.4) is 0 Å². The van der Waals surface area contributed by atoms with Crippen LogP contribution in [0.25, 0.3) is 16.8 Å². The van der Waals surface area contributed by atoms with E-state index in [1.54, 1.807) is 20.0 Å². The molecule has 0 spiro atoms. The highest BCUT2D eigenvalue weighted by Gasteiger charge is 2.66. The molecule has 0 saturated carbocycles. The number of amides is 1. The maximum absolute atomic E-state index is 13.2. The Hall–Kier alpha value is -4.19. The Morgan fingerprint density at radius 2 is 1.75 bits per heavy atom. The van der Waals surface area contributed by atoms with Crippen molar-refractivity contribution >= 4 is 17.2 Å². The van der Waals surface area contributed by atoms with Crippen LogP contribution in [0.4, 0.5) is 5.82 Å². The van der Waals surface area contributed by atoms with Gasteiger partial charge in [-0.15, -0.1) is 0 Å².